The monoisotopic (exact) mass is 268 g/mol. The summed E-state index contributed by atoms with van der Waals surface area (Å²) in [5.74, 6) is 0. The Morgan fingerprint density at radius 1 is 1.53 bits per heavy atom. The van der Waals surface area contributed by atoms with E-state index in [4.69, 9.17) is 5.11 Å². The van der Waals surface area contributed by atoms with Gasteiger partial charge in [0.2, 0.25) is 0 Å². The molecule has 1 aromatic rings. The van der Waals surface area contributed by atoms with Crippen molar-refractivity contribution in [2.24, 2.45) is 0 Å². The van der Waals surface area contributed by atoms with Gasteiger partial charge in [-0.2, -0.15) is 5.10 Å². The number of nitro groups is 1. The summed E-state index contributed by atoms with van der Waals surface area (Å²) in [6.07, 6.45) is 3.26. The van der Waals surface area contributed by atoms with Crippen LogP contribution in [-0.2, 0) is 0 Å². The predicted octanol–water partition coefficient (Wildman–Crippen LogP) is 1.85. The Balaban J connectivity index is 2.02. The van der Waals surface area contributed by atoms with Crippen LogP contribution < -0.4 is 5.32 Å². The van der Waals surface area contributed by atoms with E-state index in [-0.39, 0.29) is 17.8 Å². The summed E-state index contributed by atoms with van der Waals surface area (Å²) in [5, 5.41) is 26.0. The van der Waals surface area contributed by atoms with Crippen LogP contribution in [0.4, 0.5) is 10.5 Å². The second-order valence-electron chi connectivity index (χ2n) is 4.77. The number of amides is 1. The molecule has 1 aromatic heterocycles. The third-order valence-electron chi connectivity index (χ3n) is 3.59. The number of carbonyl (C=O) groups is 1. The highest BCUT2D eigenvalue weighted by Gasteiger charge is 2.27. The van der Waals surface area contributed by atoms with Crippen molar-refractivity contribution in [3.8, 4) is 0 Å². The summed E-state index contributed by atoms with van der Waals surface area (Å²) in [6.45, 7) is 1.69. The van der Waals surface area contributed by atoms with E-state index in [1.165, 1.54) is 6.20 Å². The molecule has 8 heteroatoms. The summed E-state index contributed by atoms with van der Waals surface area (Å²) >= 11 is 0. The molecule has 0 spiro atoms. The topological polar surface area (TPSA) is 110 Å². The predicted molar refractivity (Wildman–Crippen MR) is 66.1 cm³/mol. The fourth-order valence-electron chi connectivity index (χ4n) is 2.60. The van der Waals surface area contributed by atoms with Gasteiger partial charge in [0, 0.05) is 6.04 Å². The van der Waals surface area contributed by atoms with Crippen molar-refractivity contribution in [2.45, 2.75) is 44.7 Å². The Morgan fingerprint density at radius 3 is 2.63 bits per heavy atom. The van der Waals surface area contributed by atoms with Crippen molar-refractivity contribution in [2.75, 3.05) is 0 Å². The van der Waals surface area contributed by atoms with Gasteiger partial charge in [-0.1, -0.05) is 0 Å². The molecule has 1 heterocycles. The van der Waals surface area contributed by atoms with E-state index in [0.29, 0.717) is 5.69 Å². The van der Waals surface area contributed by atoms with Crippen LogP contribution >= 0.6 is 0 Å². The van der Waals surface area contributed by atoms with Crippen molar-refractivity contribution in [3.05, 3.63) is 22.0 Å². The first kappa shape index (κ1) is 13.3. The van der Waals surface area contributed by atoms with Gasteiger partial charge in [-0.3, -0.25) is 14.8 Å². The maximum Gasteiger partial charge on any atom is 0.404 e. The van der Waals surface area contributed by atoms with E-state index in [9.17, 15) is 14.9 Å². The van der Waals surface area contributed by atoms with Crippen molar-refractivity contribution in [1.29, 1.82) is 0 Å². The summed E-state index contributed by atoms with van der Waals surface area (Å²) < 4.78 is 1.69. The first-order chi connectivity index (χ1) is 8.99. The molecule has 1 aliphatic carbocycles. The van der Waals surface area contributed by atoms with E-state index in [0.717, 1.165) is 25.7 Å². The largest absolute Gasteiger partial charge is 0.465 e. The fourth-order valence-corrected chi connectivity index (χ4v) is 2.60. The Hall–Kier alpha value is -2.12. The fraction of sp³-hybridized carbons (Fsp3) is 0.636. The van der Waals surface area contributed by atoms with E-state index < -0.39 is 11.0 Å². The molecule has 104 valence electrons. The number of nitrogens with zero attached hydrogens (tertiary/aromatic N) is 3. The normalized spacial score (nSPS) is 23.0. The molecule has 0 aromatic carbocycles. The first-order valence-corrected chi connectivity index (χ1v) is 6.17. The van der Waals surface area contributed by atoms with Gasteiger partial charge in [0.25, 0.3) is 0 Å². The summed E-state index contributed by atoms with van der Waals surface area (Å²) in [5.41, 5.74) is 0.588. The first-order valence-electron chi connectivity index (χ1n) is 6.17. The third kappa shape index (κ3) is 2.83. The SMILES string of the molecule is Cc1c([N+](=O)[O-])cnn1C1CCC(NC(=O)O)CC1. The molecule has 0 bridgehead atoms. The number of carboxylic acid groups (broad SMARTS) is 1. The Morgan fingerprint density at radius 2 is 2.16 bits per heavy atom. The van der Waals surface area contributed by atoms with Crippen LogP contribution in [0, 0.1) is 17.0 Å². The molecule has 19 heavy (non-hydrogen) atoms. The highest BCUT2D eigenvalue weighted by atomic mass is 16.6. The van der Waals surface area contributed by atoms with Crippen molar-refractivity contribution in [3.63, 3.8) is 0 Å². The van der Waals surface area contributed by atoms with Gasteiger partial charge >= 0.3 is 11.8 Å². The lowest BCUT2D eigenvalue weighted by Gasteiger charge is -2.28. The summed E-state index contributed by atoms with van der Waals surface area (Å²) in [7, 11) is 0. The molecule has 0 saturated heterocycles. The van der Waals surface area contributed by atoms with Crippen LogP contribution in [0.3, 0.4) is 0 Å². The van der Waals surface area contributed by atoms with Crippen LogP contribution in [0.25, 0.3) is 0 Å². The number of rotatable bonds is 3. The average molecular weight is 268 g/mol. The number of hydrogen-bond acceptors (Lipinski definition) is 4. The van der Waals surface area contributed by atoms with E-state index in [1.54, 1.807) is 11.6 Å². The van der Waals surface area contributed by atoms with Gasteiger partial charge < -0.3 is 10.4 Å². The molecule has 0 atom stereocenters. The molecule has 1 aliphatic rings. The summed E-state index contributed by atoms with van der Waals surface area (Å²) in [6, 6.07) is 0.0835. The van der Waals surface area contributed by atoms with E-state index in [1.807, 2.05) is 0 Å². The lowest BCUT2D eigenvalue weighted by molar-refractivity contribution is -0.385. The second kappa shape index (κ2) is 5.25. The molecular weight excluding hydrogens is 252 g/mol. The van der Waals surface area contributed by atoms with Gasteiger partial charge in [-0.05, 0) is 32.6 Å². The van der Waals surface area contributed by atoms with Gasteiger partial charge in [-0.25, -0.2) is 4.79 Å². The molecule has 0 radical (unpaired) electrons. The molecule has 8 nitrogen and oxygen atoms in total. The van der Waals surface area contributed by atoms with Crippen molar-refractivity contribution >= 4 is 11.8 Å². The second-order valence-corrected chi connectivity index (χ2v) is 4.77. The van der Waals surface area contributed by atoms with Gasteiger partial charge in [0.05, 0.1) is 11.0 Å². The molecule has 2 N–H and O–H groups in total. The van der Waals surface area contributed by atoms with Gasteiger partial charge in [0.1, 0.15) is 11.9 Å². The van der Waals surface area contributed by atoms with Crippen LogP contribution in [-0.4, -0.2) is 31.9 Å². The van der Waals surface area contributed by atoms with Gasteiger partial charge in [-0.15, -0.1) is 0 Å². The van der Waals surface area contributed by atoms with Crippen LogP contribution in [0.5, 0.6) is 0 Å². The number of nitrogens with one attached hydrogen (secondary N) is 1. The van der Waals surface area contributed by atoms with Crippen molar-refractivity contribution < 1.29 is 14.8 Å². The molecule has 1 amide bonds. The number of aromatic nitrogens is 2. The highest BCUT2D eigenvalue weighted by Crippen LogP contribution is 2.31. The maximum atomic E-state index is 10.8. The Bertz CT molecular complexity index is 491. The zero-order chi connectivity index (χ0) is 14.0. The Labute approximate surface area is 109 Å². The molecule has 0 aliphatic heterocycles. The molecule has 2 rings (SSSR count). The highest BCUT2D eigenvalue weighted by molar-refractivity contribution is 5.64. The van der Waals surface area contributed by atoms with Crippen LogP contribution in [0.1, 0.15) is 37.4 Å². The lowest BCUT2D eigenvalue weighted by Crippen LogP contribution is -2.37. The zero-order valence-corrected chi connectivity index (χ0v) is 10.6. The lowest BCUT2D eigenvalue weighted by atomic mass is 9.91. The molecule has 0 unspecified atom stereocenters. The molecular formula is C11H16N4O4. The quantitative estimate of drug-likeness (QED) is 0.642. The smallest absolute Gasteiger partial charge is 0.404 e. The Kier molecular flexibility index (Phi) is 3.68. The minimum atomic E-state index is -1.01. The van der Waals surface area contributed by atoms with Crippen LogP contribution in [0.15, 0.2) is 6.20 Å². The summed E-state index contributed by atoms with van der Waals surface area (Å²) in [4.78, 5) is 20.9. The van der Waals surface area contributed by atoms with E-state index >= 15 is 0 Å². The average Bonchev–Trinajstić information content (AvgIpc) is 2.71. The van der Waals surface area contributed by atoms with Gasteiger partial charge in [0.15, 0.2) is 0 Å². The minimum absolute atomic E-state index is 0.0281. The molecule has 1 fully saturated rings. The molecule has 1 saturated carbocycles. The maximum absolute atomic E-state index is 10.8. The standard InChI is InChI=1S/C11H16N4O4/c1-7-10(15(18)19)6-12-14(7)9-4-2-8(3-5-9)13-11(16)17/h6,8-9,13H,2-5H2,1H3,(H,16,17). The third-order valence-corrected chi connectivity index (χ3v) is 3.59. The van der Waals surface area contributed by atoms with Crippen molar-refractivity contribution in [1.82, 2.24) is 15.1 Å². The van der Waals surface area contributed by atoms with E-state index in [2.05, 4.69) is 10.4 Å². The zero-order valence-electron chi connectivity index (χ0n) is 10.6. The van der Waals surface area contributed by atoms with Crippen LogP contribution in [0.2, 0.25) is 0 Å². The number of hydrogen-bond donors (Lipinski definition) is 2. The minimum Gasteiger partial charge on any atom is -0.465 e.